The van der Waals surface area contributed by atoms with Crippen LogP contribution >= 0.6 is 11.8 Å². The van der Waals surface area contributed by atoms with E-state index in [0.29, 0.717) is 11.8 Å². The van der Waals surface area contributed by atoms with Gasteiger partial charge in [-0.1, -0.05) is 25.1 Å². The molecule has 2 aromatic rings. The first-order chi connectivity index (χ1) is 9.28. The molecule has 1 aromatic heterocycles. The Morgan fingerprint density at radius 3 is 3.05 bits per heavy atom. The third-order valence-corrected chi connectivity index (χ3v) is 4.67. The standard InChI is InChI=1S/C15H19N3S/c1-11-10-18(6-7-19-11)15-8-12(9-16)17-14-5-3-2-4-13(14)15/h2-5,8,11H,6-7,9-10,16H2,1H3. The lowest BCUT2D eigenvalue weighted by molar-refractivity contribution is 0.784. The molecule has 0 amide bonds. The van der Waals surface area contributed by atoms with Crippen LogP contribution in [0.25, 0.3) is 10.9 Å². The Morgan fingerprint density at radius 1 is 1.42 bits per heavy atom. The van der Waals surface area contributed by atoms with E-state index >= 15 is 0 Å². The fourth-order valence-electron chi connectivity index (χ4n) is 2.61. The predicted molar refractivity (Wildman–Crippen MR) is 83.8 cm³/mol. The van der Waals surface area contributed by atoms with Crippen molar-refractivity contribution in [2.45, 2.75) is 18.7 Å². The van der Waals surface area contributed by atoms with Crippen molar-refractivity contribution < 1.29 is 0 Å². The summed E-state index contributed by atoms with van der Waals surface area (Å²) in [5.74, 6) is 1.19. The molecule has 1 fully saturated rings. The van der Waals surface area contributed by atoms with E-state index in [4.69, 9.17) is 5.73 Å². The Balaban J connectivity index is 2.10. The highest BCUT2D eigenvalue weighted by Gasteiger charge is 2.19. The van der Waals surface area contributed by atoms with Gasteiger partial charge in [0.15, 0.2) is 0 Å². The smallest absolute Gasteiger partial charge is 0.0726 e. The Morgan fingerprint density at radius 2 is 2.26 bits per heavy atom. The molecule has 0 spiro atoms. The second kappa shape index (κ2) is 5.39. The second-order valence-electron chi connectivity index (χ2n) is 4.98. The van der Waals surface area contributed by atoms with E-state index in [1.165, 1.54) is 16.8 Å². The number of hydrogen-bond donors (Lipinski definition) is 1. The topological polar surface area (TPSA) is 42.1 Å². The van der Waals surface area contributed by atoms with Gasteiger partial charge in [0, 0.05) is 41.7 Å². The average Bonchev–Trinajstić information content (AvgIpc) is 2.46. The monoisotopic (exact) mass is 273 g/mol. The lowest BCUT2D eigenvalue weighted by atomic mass is 10.1. The second-order valence-corrected chi connectivity index (χ2v) is 6.53. The molecule has 19 heavy (non-hydrogen) atoms. The lowest BCUT2D eigenvalue weighted by Crippen LogP contribution is -2.36. The van der Waals surface area contributed by atoms with E-state index in [9.17, 15) is 0 Å². The zero-order chi connectivity index (χ0) is 13.2. The Hall–Kier alpha value is -1.26. The SMILES string of the molecule is CC1CN(c2cc(CN)nc3ccccc23)CCS1. The minimum absolute atomic E-state index is 0.496. The number of thioether (sulfide) groups is 1. The maximum atomic E-state index is 5.78. The third-order valence-electron chi connectivity index (χ3n) is 3.54. The molecule has 0 radical (unpaired) electrons. The summed E-state index contributed by atoms with van der Waals surface area (Å²) in [7, 11) is 0. The summed E-state index contributed by atoms with van der Waals surface area (Å²) >= 11 is 2.05. The first-order valence-corrected chi connectivity index (χ1v) is 7.78. The minimum atomic E-state index is 0.496. The van der Waals surface area contributed by atoms with E-state index in [1.807, 2.05) is 17.8 Å². The number of aromatic nitrogens is 1. The van der Waals surface area contributed by atoms with Gasteiger partial charge in [0.2, 0.25) is 0 Å². The highest BCUT2D eigenvalue weighted by molar-refractivity contribution is 8.00. The van der Waals surface area contributed by atoms with Crippen LogP contribution in [0.2, 0.25) is 0 Å². The van der Waals surface area contributed by atoms with E-state index in [1.54, 1.807) is 0 Å². The van der Waals surface area contributed by atoms with Gasteiger partial charge >= 0.3 is 0 Å². The lowest BCUT2D eigenvalue weighted by Gasteiger charge is -2.33. The highest BCUT2D eigenvalue weighted by atomic mass is 32.2. The van der Waals surface area contributed by atoms with E-state index in [0.717, 1.165) is 24.3 Å². The van der Waals surface area contributed by atoms with Crippen LogP contribution in [-0.4, -0.2) is 29.1 Å². The molecule has 1 unspecified atom stereocenters. The van der Waals surface area contributed by atoms with Gasteiger partial charge in [-0.3, -0.25) is 4.98 Å². The Bertz CT molecular complexity index is 585. The molecule has 0 bridgehead atoms. The molecule has 1 atom stereocenters. The van der Waals surface area contributed by atoms with Gasteiger partial charge in [0.05, 0.1) is 11.2 Å². The van der Waals surface area contributed by atoms with Crippen LogP contribution in [0.5, 0.6) is 0 Å². The van der Waals surface area contributed by atoms with Crippen molar-refractivity contribution in [2.24, 2.45) is 5.73 Å². The highest BCUT2D eigenvalue weighted by Crippen LogP contribution is 2.30. The van der Waals surface area contributed by atoms with Gasteiger partial charge in [0.25, 0.3) is 0 Å². The molecule has 2 N–H and O–H groups in total. The molecular weight excluding hydrogens is 254 g/mol. The summed E-state index contributed by atoms with van der Waals surface area (Å²) in [6, 6.07) is 10.5. The fourth-order valence-corrected chi connectivity index (χ4v) is 3.63. The summed E-state index contributed by atoms with van der Waals surface area (Å²) in [4.78, 5) is 7.09. The van der Waals surface area contributed by atoms with Crippen LogP contribution in [-0.2, 0) is 6.54 Å². The number of benzene rings is 1. The van der Waals surface area contributed by atoms with Gasteiger partial charge in [-0.05, 0) is 12.1 Å². The van der Waals surface area contributed by atoms with Crippen molar-refractivity contribution >= 4 is 28.4 Å². The van der Waals surface area contributed by atoms with Crippen LogP contribution in [0.15, 0.2) is 30.3 Å². The Labute approximate surface area is 118 Å². The average molecular weight is 273 g/mol. The number of rotatable bonds is 2. The number of nitrogens with two attached hydrogens (primary N) is 1. The van der Waals surface area contributed by atoms with Gasteiger partial charge in [-0.15, -0.1) is 0 Å². The summed E-state index contributed by atoms with van der Waals surface area (Å²) in [6.07, 6.45) is 0. The number of para-hydroxylation sites is 1. The molecule has 1 aromatic carbocycles. The van der Waals surface area contributed by atoms with Crippen molar-refractivity contribution in [3.8, 4) is 0 Å². The first-order valence-electron chi connectivity index (χ1n) is 6.73. The summed E-state index contributed by atoms with van der Waals surface area (Å²) in [6.45, 7) is 5.00. The fraction of sp³-hybridized carbons (Fsp3) is 0.400. The van der Waals surface area contributed by atoms with Gasteiger partial charge in [-0.25, -0.2) is 0 Å². The number of anilines is 1. The zero-order valence-corrected chi connectivity index (χ0v) is 12.0. The molecule has 1 saturated heterocycles. The van der Waals surface area contributed by atoms with Crippen molar-refractivity contribution in [2.75, 3.05) is 23.7 Å². The summed E-state index contributed by atoms with van der Waals surface area (Å²) in [5.41, 5.74) is 9.09. The molecular formula is C15H19N3S. The number of pyridine rings is 1. The molecule has 1 aliphatic heterocycles. The van der Waals surface area contributed by atoms with Crippen LogP contribution in [0.4, 0.5) is 5.69 Å². The number of hydrogen-bond acceptors (Lipinski definition) is 4. The minimum Gasteiger partial charge on any atom is -0.369 e. The van der Waals surface area contributed by atoms with Crippen LogP contribution < -0.4 is 10.6 Å². The van der Waals surface area contributed by atoms with Crippen LogP contribution in [0.1, 0.15) is 12.6 Å². The van der Waals surface area contributed by atoms with Crippen molar-refractivity contribution in [3.05, 3.63) is 36.0 Å². The maximum Gasteiger partial charge on any atom is 0.0726 e. The van der Waals surface area contributed by atoms with E-state index in [2.05, 4.69) is 41.1 Å². The quantitative estimate of drug-likeness (QED) is 0.913. The van der Waals surface area contributed by atoms with Crippen LogP contribution in [0.3, 0.4) is 0 Å². The molecule has 4 heteroatoms. The van der Waals surface area contributed by atoms with E-state index in [-0.39, 0.29) is 0 Å². The van der Waals surface area contributed by atoms with Gasteiger partial charge in [-0.2, -0.15) is 11.8 Å². The molecule has 100 valence electrons. The number of fused-ring (bicyclic) bond motifs is 1. The normalized spacial score (nSPS) is 19.9. The molecule has 3 nitrogen and oxygen atoms in total. The first kappa shape index (κ1) is 12.8. The maximum absolute atomic E-state index is 5.78. The number of nitrogens with zero attached hydrogens (tertiary/aromatic N) is 2. The van der Waals surface area contributed by atoms with Crippen molar-refractivity contribution in [1.29, 1.82) is 0 Å². The zero-order valence-electron chi connectivity index (χ0n) is 11.2. The van der Waals surface area contributed by atoms with Crippen molar-refractivity contribution in [1.82, 2.24) is 4.98 Å². The van der Waals surface area contributed by atoms with Gasteiger partial charge < -0.3 is 10.6 Å². The van der Waals surface area contributed by atoms with Gasteiger partial charge in [0.1, 0.15) is 0 Å². The Kier molecular flexibility index (Phi) is 3.62. The van der Waals surface area contributed by atoms with E-state index < -0.39 is 0 Å². The molecule has 0 aliphatic carbocycles. The van der Waals surface area contributed by atoms with Crippen LogP contribution in [0, 0.1) is 0 Å². The molecule has 3 rings (SSSR count). The summed E-state index contributed by atoms with van der Waals surface area (Å²) in [5, 5.41) is 1.92. The third kappa shape index (κ3) is 2.55. The summed E-state index contributed by atoms with van der Waals surface area (Å²) < 4.78 is 0. The predicted octanol–water partition coefficient (Wildman–Crippen LogP) is 2.64. The molecule has 2 heterocycles. The molecule has 0 saturated carbocycles. The molecule has 1 aliphatic rings. The van der Waals surface area contributed by atoms with Crippen molar-refractivity contribution in [3.63, 3.8) is 0 Å². The largest absolute Gasteiger partial charge is 0.369 e.